The van der Waals surface area contributed by atoms with Crippen LogP contribution >= 0.6 is 0 Å². The van der Waals surface area contributed by atoms with Crippen LogP contribution in [0.1, 0.15) is 77.3 Å². The minimum atomic E-state index is -0.434. The number of benzene rings is 1. The number of nitrogens with zero attached hydrogens (tertiary/aromatic N) is 1. The molecule has 1 saturated heterocycles. The van der Waals surface area contributed by atoms with Crippen molar-refractivity contribution in [2.75, 3.05) is 13.1 Å². The molecule has 1 fully saturated rings. The predicted molar refractivity (Wildman–Crippen MR) is 122 cm³/mol. The van der Waals surface area contributed by atoms with Crippen LogP contribution < -0.4 is 5.32 Å². The molecular formula is C25H33N3O4. The zero-order valence-corrected chi connectivity index (χ0v) is 19.5. The molecule has 0 radical (unpaired) electrons. The average molecular weight is 440 g/mol. The van der Waals surface area contributed by atoms with Gasteiger partial charge in [-0.3, -0.25) is 9.59 Å². The Morgan fingerprint density at radius 2 is 1.81 bits per heavy atom. The zero-order valence-electron chi connectivity index (χ0n) is 19.5. The van der Waals surface area contributed by atoms with Crippen LogP contribution in [0.5, 0.6) is 0 Å². The fourth-order valence-electron chi connectivity index (χ4n) is 4.23. The Balaban J connectivity index is 1.69. The number of hydrogen-bond donors (Lipinski definition) is 2. The third-order valence-electron chi connectivity index (χ3n) is 5.94. The van der Waals surface area contributed by atoms with Crippen LogP contribution in [0, 0.1) is 19.8 Å². The summed E-state index contributed by atoms with van der Waals surface area (Å²) in [6, 6.07) is 9.72. The van der Waals surface area contributed by atoms with E-state index < -0.39 is 5.97 Å². The number of likely N-dealkylation sites (tertiary alicyclic amines) is 1. The number of esters is 1. The van der Waals surface area contributed by atoms with E-state index in [1.165, 1.54) is 0 Å². The molecule has 0 bridgehead atoms. The Labute approximate surface area is 189 Å². The third-order valence-corrected chi connectivity index (χ3v) is 5.94. The van der Waals surface area contributed by atoms with Crippen LogP contribution in [-0.2, 0) is 9.53 Å². The molecule has 1 aromatic heterocycles. The van der Waals surface area contributed by atoms with Gasteiger partial charge in [-0.25, -0.2) is 4.79 Å². The molecule has 172 valence electrons. The Morgan fingerprint density at radius 1 is 1.12 bits per heavy atom. The van der Waals surface area contributed by atoms with Crippen LogP contribution in [0.4, 0.5) is 0 Å². The first-order chi connectivity index (χ1) is 15.2. The number of aryl methyl sites for hydroxylation is 1. The number of carbonyl (C=O) groups is 3. The summed E-state index contributed by atoms with van der Waals surface area (Å²) in [6.45, 7) is 10.00. The van der Waals surface area contributed by atoms with Gasteiger partial charge in [0.1, 0.15) is 5.69 Å². The van der Waals surface area contributed by atoms with Gasteiger partial charge in [-0.1, -0.05) is 30.3 Å². The molecule has 1 aliphatic heterocycles. The van der Waals surface area contributed by atoms with E-state index in [1.807, 2.05) is 37.3 Å². The van der Waals surface area contributed by atoms with Crippen LogP contribution in [0.2, 0.25) is 0 Å². The molecule has 32 heavy (non-hydrogen) atoms. The quantitative estimate of drug-likeness (QED) is 0.667. The Bertz CT molecular complexity index is 981. The lowest BCUT2D eigenvalue weighted by Gasteiger charge is -2.32. The van der Waals surface area contributed by atoms with Gasteiger partial charge in [0.25, 0.3) is 5.91 Å². The van der Waals surface area contributed by atoms with E-state index in [0.29, 0.717) is 35.6 Å². The van der Waals surface area contributed by atoms with E-state index in [2.05, 4.69) is 10.3 Å². The first kappa shape index (κ1) is 23.6. The van der Waals surface area contributed by atoms with Crippen molar-refractivity contribution in [3.63, 3.8) is 0 Å². The van der Waals surface area contributed by atoms with Gasteiger partial charge in [-0.2, -0.15) is 0 Å². The lowest BCUT2D eigenvalue weighted by Crippen LogP contribution is -2.46. The van der Waals surface area contributed by atoms with Crippen molar-refractivity contribution in [2.24, 2.45) is 5.92 Å². The molecule has 2 unspecified atom stereocenters. The molecule has 2 N–H and O–H groups in total. The summed E-state index contributed by atoms with van der Waals surface area (Å²) in [7, 11) is 0. The summed E-state index contributed by atoms with van der Waals surface area (Å²) in [5.74, 6) is -0.932. The van der Waals surface area contributed by atoms with Crippen molar-refractivity contribution in [1.82, 2.24) is 15.2 Å². The SMILES string of the molecule is Cc1[nH]c(C(=O)N2CCCC(C(=O)NC(C)c3ccccc3)C2)c(C)c1C(=O)OC(C)C. The lowest BCUT2D eigenvalue weighted by molar-refractivity contribution is -0.127. The molecule has 7 heteroatoms. The summed E-state index contributed by atoms with van der Waals surface area (Å²) < 4.78 is 5.32. The van der Waals surface area contributed by atoms with Crippen molar-refractivity contribution >= 4 is 17.8 Å². The fourth-order valence-corrected chi connectivity index (χ4v) is 4.23. The first-order valence-electron chi connectivity index (χ1n) is 11.2. The van der Waals surface area contributed by atoms with Gasteiger partial charge in [0, 0.05) is 18.8 Å². The molecule has 1 aromatic carbocycles. The van der Waals surface area contributed by atoms with Gasteiger partial charge in [0.2, 0.25) is 5.91 Å². The van der Waals surface area contributed by atoms with E-state index in [4.69, 9.17) is 4.74 Å². The molecule has 7 nitrogen and oxygen atoms in total. The highest BCUT2D eigenvalue weighted by Crippen LogP contribution is 2.24. The molecule has 0 saturated carbocycles. The molecule has 0 spiro atoms. The van der Waals surface area contributed by atoms with E-state index in [-0.39, 0.29) is 29.9 Å². The van der Waals surface area contributed by atoms with Crippen LogP contribution in [0.25, 0.3) is 0 Å². The number of amides is 2. The maximum Gasteiger partial charge on any atom is 0.340 e. The van der Waals surface area contributed by atoms with Gasteiger partial charge in [0.05, 0.1) is 23.6 Å². The highest BCUT2D eigenvalue weighted by molar-refractivity contribution is 6.00. The summed E-state index contributed by atoms with van der Waals surface area (Å²) in [5.41, 5.74) is 3.03. The monoisotopic (exact) mass is 439 g/mol. The fraction of sp³-hybridized carbons (Fsp3) is 0.480. The molecule has 3 rings (SSSR count). The molecule has 2 heterocycles. The van der Waals surface area contributed by atoms with Crippen molar-refractivity contribution in [3.8, 4) is 0 Å². The van der Waals surface area contributed by atoms with E-state index in [0.717, 1.165) is 18.4 Å². The lowest BCUT2D eigenvalue weighted by atomic mass is 9.95. The standard InChI is InChI=1S/C25H33N3O4/c1-15(2)32-25(31)21-16(3)22(26-18(21)5)24(30)28-13-9-12-20(14-28)23(29)27-17(4)19-10-7-6-8-11-19/h6-8,10-11,15,17,20,26H,9,12-14H2,1-5H3,(H,27,29). The molecule has 2 aromatic rings. The summed E-state index contributed by atoms with van der Waals surface area (Å²) in [5, 5.41) is 3.08. The van der Waals surface area contributed by atoms with Crippen molar-refractivity contribution in [1.29, 1.82) is 0 Å². The second kappa shape index (κ2) is 10.0. The Hall–Kier alpha value is -3.09. The topological polar surface area (TPSA) is 91.5 Å². The van der Waals surface area contributed by atoms with Crippen molar-refractivity contribution in [2.45, 2.75) is 59.6 Å². The number of piperidine rings is 1. The smallest absolute Gasteiger partial charge is 0.340 e. The third kappa shape index (κ3) is 5.21. The van der Waals surface area contributed by atoms with Crippen LogP contribution in [0.3, 0.4) is 0 Å². The second-order valence-electron chi connectivity index (χ2n) is 8.81. The van der Waals surface area contributed by atoms with Gasteiger partial charge in [-0.05, 0) is 58.6 Å². The maximum atomic E-state index is 13.3. The minimum Gasteiger partial charge on any atom is -0.459 e. The number of nitrogens with one attached hydrogen (secondary N) is 2. The molecular weight excluding hydrogens is 406 g/mol. The highest BCUT2D eigenvalue weighted by atomic mass is 16.5. The van der Waals surface area contributed by atoms with Gasteiger partial charge >= 0.3 is 5.97 Å². The van der Waals surface area contributed by atoms with E-state index >= 15 is 0 Å². The Morgan fingerprint density at radius 3 is 2.47 bits per heavy atom. The van der Waals surface area contributed by atoms with Gasteiger partial charge in [-0.15, -0.1) is 0 Å². The van der Waals surface area contributed by atoms with Crippen LogP contribution in [-0.4, -0.2) is 46.9 Å². The summed E-state index contributed by atoms with van der Waals surface area (Å²) in [6.07, 6.45) is 1.26. The number of carbonyl (C=O) groups excluding carboxylic acids is 3. The number of rotatable bonds is 6. The minimum absolute atomic E-state index is 0.0422. The Kier molecular flexibility index (Phi) is 7.38. The predicted octanol–water partition coefficient (Wildman–Crippen LogP) is 3.93. The van der Waals surface area contributed by atoms with Crippen LogP contribution in [0.15, 0.2) is 30.3 Å². The number of aromatic nitrogens is 1. The molecule has 0 aliphatic carbocycles. The summed E-state index contributed by atoms with van der Waals surface area (Å²) >= 11 is 0. The second-order valence-corrected chi connectivity index (χ2v) is 8.81. The maximum absolute atomic E-state index is 13.3. The first-order valence-corrected chi connectivity index (χ1v) is 11.2. The van der Waals surface area contributed by atoms with E-state index in [1.54, 1.807) is 32.6 Å². The summed E-state index contributed by atoms with van der Waals surface area (Å²) in [4.78, 5) is 43.4. The molecule has 2 atom stereocenters. The van der Waals surface area contributed by atoms with E-state index in [9.17, 15) is 14.4 Å². The number of aromatic amines is 1. The number of hydrogen-bond acceptors (Lipinski definition) is 4. The highest BCUT2D eigenvalue weighted by Gasteiger charge is 2.32. The van der Waals surface area contributed by atoms with Gasteiger partial charge < -0.3 is 19.9 Å². The zero-order chi connectivity index (χ0) is 23.4. The normalized spacial score (nSPS) is 17.2. The molecule has 2 amide bonds. The number of H-pyrrole nitrogens is 1. The average Bonchev–Trinajstić information content (AvgIpc) is 3.07. The van der Waals surface area contributed by atoms with Crippen molar-refractivity contribution in [3.05, 3.63) is 58.4 Å². The largest absolute Gasteiger partial charge is 0.459 e. The molecule has 1 aliphatic rings. The number of ether oxygens (including phenoxy) is 1. The van der Waals surface area contributed by atoms with Gasteiger partial charge in [0.15, 0.2) is 0 Å². The van der Waals surface area contributed by atoms with Crippen molar-refractivity contribution < 1.29 is 19.1 Å².